The molecule has 0 aliphatic carbocycles. The molecular formula is C23H31N3O5S2. The van der Waals surface area contributed by atoms with Crippen LogP contribution in [0.2, 0.25) is 0 Å². The van der Waals surface area contributed by atoms with Crippen molar-refractivity contribution in [3.8, 4) is 0 Å². The van der Waals surface area contributed by atoms with Crippen LogP contribution in [0.5, 0.6) is 0 Å². The zero-order valence-corrected chi connectivity index (χ0v) is 20.7. The summed E-state index contributed by atoms with van der Waals surface area (Å²) >= 11 is 1.67. The first-order valence-corrected chi connectivity index (χ1v) is 13.6. The van der Waals surface area contributed by atoms with Crippen molar-refractivity contribution in [1.82, 2.24) is 14.6 Å². The van der Waals surface area contributed by atoms with Gasteiger partial charge in [-0.05, 0) is 70.2 Å². The van der Waals surface area contributed by atoms with Gasteiger partial charge in [0.25, 0.3) is 0 Å². The number of amides is 1. The van der Waals surface area contributed by atoms with Gasteiger partial charge >= 0.3 is 5.97 Å². The van der Waals surface area contributed by atoms with Gasteiger partial charge in [0.05, 0.1) is 22.1 Å². The number of unbranched alkanes of at least 4 members (excludes halogenated alkanes) is 1. The van der Waals surface area contributed by atoms with E-state index in [4.69, 9.17) is 4.74 Å². The number of hydrogen-bond donors (Lipinski definition) is 1. The first-order valence-electron chi connectivity index (χ1n) is 11.3. The van der Waals surface area contributed by atoms with E-state index in [0.717, 1.165) is 30.0 Å². The van der Waals surface area contributed by atoms with E-state index < -0.39 is 16.0 Å². The molecule has 1 saturated heterocycles. The van der Waals surface area contributed by atoms with E-state index in [1.165, 1.54) is 28.6 Å². The number of thiazole rings is 1. The largest absolute Gasteiger partial charge is 0.462 e. The molecule has 0 atom stereocenters. The van der Waals surface area contributed by atoms with Crippen molar-refractivity contribution in [2.45, 2.75) is 50.8 Å². The number of nitrogens with one attached hydrogen (secondary N) is 1. The van der Waals surface area contributed by atoms with Gasteiger partial charge in [0.1, 0.15) is 0 Å². The summed E-state index contributed by atoms with van der Waals surface area (Å²) in [5, 5.41) is 6.16. The third kappa shape index (κ3) is 6.84. The van der Waals surface area contributed by atoms with Crippen molar-refractivity contribution in [2.75, 3.05) is 26.2 Å². The summed E-state index contributed by atoms with van der Waals surface area (Å²) in [6.45, 7) is 5.17. The number of benzene rings is 1. The summed E-state index contributed by atoms with van der Waals surface area (Å²) in [7, 11) is -3.67. The highest BCUT2D eigenvalue weighted by Gasteiger charge is 2.32. The van der Waals surface area contributed by atoms with Crippen molar-refractivity contribution < 1.29 is 22.7 Å². The van der Waals surface area contributed by atoms with E-state index in [1.807, 2.05) is 12.3 Å². The molecular weight excluding hydrogens is 462 g/mol. The van der Waals surface area contributed by atoms with Crippen LogP contribution in [-0.2, 0) is 26.0 Å². The molecule has 3 rings (SSSR count). The maximum atomic E-state index is 12.9. The minimum absolute atomic E-state index is 0.00377. The molecule has 0 radical (unpaired) electrons. The fourth-order valence-corrected chi connectivity index (χ4v) is 6.05. The lowest BCUT2D eigenvalue weighted by Gasteiger charge is -2.30. The molecule has 1 aromatic carbocycles. The number of sulfonamides is 1. The molecule has 180 valence electrons. The number of nitrogens with zero attached hydrogens (tertiary/aromatic N) is 2. The van der Waals surface area contributed by atoms with Gasteiger partial charge in [-0.2, -0.15) is 4.31 Å². The first kappa shape index (κ1) is 25.3. The van der Waals surface area contributed by atoms with E-state index in [9.17, 15) is 18.0 Å². The number of aromatic nitrogens is 1. The van der Waals surface area contributed by atoms with Crippen LogP contribution in [0, 0.1) is 12.8 Å². The first-order chi connectivity index (χ1) is 15.8. The van der Waals surface area contributed by atoms with Crippen molar-refractivity contribution in [3.63, 3.8) is 0 Å². The Bertz CT molecular complexity index is 1040. The minimum Gasteiger partial charge on any atom is -0.462 e. The summed E-state index contributed by atoms with van der Waals surface area (Å²) < 4.78 is 32.2. The fraction of sp³-hybridized carbons (Fsp3) is 0.522. The van der Waals surface area contributed by atoms with E-state index in [0.29, 0.717) is 38.0 Å². The Kier molecular flexibility index (Phi) is 8.99. The third-order valence-electron chi connectivity index (χ3n) is 5.61. The highest BCUT2D eigenvalue weighted by molar-refractivity contribution is 7.89. The van der Waals surface area contributed by atoms with Crippen LogP contribution in [0.25, 0.3) is 0 Å². The molecule has 2 heterocycles. The molecule has 10 heteroatoms. The number of carbonyl (C=O) groups excluding carboxylic acids is 2. The summed E-state index contributed by atoms with van der Waals surface area (Å²) in [6.07, 6.45) is 3.76. The highest BCUT2D eigenvalue weighted by atomic mass is 32.2. The lowest BCUT2D eigenvalue weighted by molar-refractivity contribution is -0.126. The van der Waals surface area contributed by atoms with E-state index in [2.05, 4.69) is 10.3 Å². The Labute approximate surface area is 199 Å². The summed E-state index contributed by atoms with van der Waals surface area (Å²) in [5.74, 6) is -0.660. The Morgan fingerprint density at radius 3 is 2.48 bits per heavy atom. The quantitative estimate of drug-likeness (QED) is 0.403. The van der Waals surface area contributed by atoms with E-state index in [-0.39, 0.29) is 23.3 Å². The van der Waals surface area contributed by atoms with Crippen molar-refractivity contribution in [1.29, 1.82) is 0 Å². The summed E-state index contributed by atoms with van der Waals surface area (Å²) in [5.41, 5.74) is 1.36. The lowest BCUT2D eigenvalue weighted by atomic mass is 9.97. The second-order valence-corrected chi connectivity index (χ2v) is 10.9. The average molecular weight is 494 g/mol. The highest BCUT2D eigenvalue weighted by Crippen LogP contribution is 2.24. The number of esters is 1. The molecule has 8 nitrogen and oxygen atoms in total. The molecule has 1 N–H and O–H groups in total. The predicted molar refractivity (Wildman–Crippen MR) is 127 cm³/mol. The zero-order chi connectivity index (χ0) is 23.8. The van der Waals surface area contributed by atoms with Gasteiger partial charge in [-0.25, -0.2) is 18.2 Å². The van der Waals surface area contributed by atoms with Crippen LogP contribution in [0.3, 0.4) is 0 Å². The fourth-order valence-electron chi connectivity index (χ4n) is 3.76. The average Bonchev–Trinajstić information content (AvgIpc) is 3.24. The van der Waals surface area contributed by atoms with Crippen LogP contribution in [0.4, 0.5) is 0 Å². The molecule has 0 spiro atoms. The molecule has 33 heavy (non-hydrogen) atoms. The minimum atomic E-state index is -3.67. The maximum absolute atomic E-state index is 12.9. The van der Waals surface area contributed by atoms with Crippen molar-refractivity contribution >= 4 is 33.2 Å². The van der Waals surface area contributed by atoms with Gasteiger partial charge < -0.3 is 10.1 Å². The molecule has 1 aliphatic rings. The second kappa shape index (κ2) is 11.7. The molecule has 0 unspecified atom stereocenters. The molecule has 2 aromatic rings. The Hall–Kier alpha value is -2.30. The topological polar surface area (TPSA) is 106 Å². The van der Waals surface area contributed by atoms with Crippen LogP contribution in [0.15, 0.2) is 34.5 Å². The van der Waals surface area contributed by atoms with Crippen LogP contribution >= 0.6 is 11.3 Å². The van der Waals surface area contributed by atoms with Crippen molar-refractivity contribution in [2.24, 2.45) is 5.92 Å². The third-order valence-corrected chi connectivity index (χ3v) is 8.55. The molecule has 1 amide bonds. The number of rotatable bonds is 10. The number of piperidine rings is 1. The molecule has 1 aliphatic heterocycles. The molecule has 0 saturated carbocycles. The molecule has 0 bridgehead atoms. The predicted octanol–water partition coefficient (Wildman–Crippen LogP) is 3.17. The van der Waals surface area contributed by atoms with Gasteiger partial charge in [-0.15, -0.1) is 11.3 Å². The Balaban J connectivity index is 1.42. The number of aryl methyl sites for hydroxylation is 2. The van der Waals surface area contributed by atoms with E-state index in [1.54, 1.807) is 18.3 Å². The number of ether oxygens (including phenoxy) is 1. The number of carbonyl (C=O) groups is 2. The standard InChI is InChI=1S/C23H31N3O5S2/c1-3-31-23(28)19-7-9-20(10-8-19)33(29,30)26-14-11-18(12-15-26)22(27)24-13-5-4-6-21-25-17(2)16-32-21/h7-10,16,18H,3-6,11-15H2,1-2H3,(H,24,27). The van der Waals surface area contributed by atoms with Crippen molar-refractivity contribution in [3.05, 3.63) is 45.9 Å². The van der Waals surface area contributed by atoms with Gasteiger partial charge in [0.15, 0.2) is 0 Å². The maximum Gasteiger partial charge on any atom is 0.338 e. The van der Waals surface area contributed by atoms with Crippen LogP contribution in [0.1, 0.15) is 53.7 Å². The zero-order valence-electron chi connectivity index (χ0n) is 19.1. The SMILES string of the molecule is CCOC(=O)c1ccc(S(=O)(=O)N2CCC(C(=O)NCCCCc3nc(C)cs3)CC2)cc1. The van der Waals surface area contributed by atoms with Gasteiger partial charge in [0, 0.05) is 36.6 Å². The van der Waals surface area contributed by atoms with Gasteiger partial charge in [-0.1, -0.05) is 0 Å². The monoisotopic (exact) mass is 493 g/mol. The second-order valence-electron chi connectivity index (χ2n) is 8.05. The normalized spacial score (nSPS) is 15.3. The Morgan fingerprint density at radius 1 is 1.18 bits per heavy atom. The van der Waals surface area contributed by atoms with Crippen LogP contribution in [-0.4, -0.2) is 55.8 Å². The smallest absolute Gasteiger partial charge is 0.338 e. The van der Waals surface area contributed by atoms with Crippen LogP contribution < -0.4 is 5.32 Å². The summed E-state index contributed by atoms with van der Waals surface area (Å²) in [4.78, 5) is 28.8. The molecule has 1 fully saturated rings. The molecule has 1 aromatic heterocycles. The van der Waals surface area contributed by atoms with Gasteiger partial charge in [0.2, 0.25) is 15.9 Å². The van der Waals surface area contributed by atoms with E-state index >= 15 is 0 Å². The number of hydrogen-bond acceptors (Lipinski definition) is 7. The lowest BCUT2D eigenvalue weighted by Crippen LogP contribution is -2.43. The Morgan fingerprint density at radius 2 is 1.88 bits per heavy atom. The summed E-state index contributed by atoms with van der Waals surface area (Å²) in [6, 6.07) is 5.77. The van der Waals surface area contributed by atoms with Gasteiger partial charge in [-0.3, -0.25) is 4.79 Å².